The van der Waals surface area contributed by atoms with Crippen molar-refractivity contribution in [3.63, 3.8) is 0 Å². The molecule has 1 saturated heterocycles. The molecule has 1 aromatic rings. The topological polar surface area (TPSA) is 28.4 Å². The molecule has 2 aliphatic rings. The van der Waals surface area contributed by atoms with Crippen LogP contribution in [0.4, 0.5) is 0 Å². The van der Waals surface area contributed by atoms with Crippen molar-refractivity contribution in [2.75, 3.05) is 19.6 Å². The molecule has 0 aromatic carbocycles. The minimum atomic E-state index is 0.829. The molecule has 3 rings (SSSR count). The molecule has 1 N–H and O–H groups in total. The average Bonchev–Trinajstić information content (AvgIpc) is 2.89. The summed E-state index contributed by atoms with van der Waals surface area (Å²) in [6.07, 6.45) is 4.52. The Hall–Kier alpha value is -0.800. The summed E-state index contributed by atoms with van der Waals surface area (Å²) in [5.74, 6) is 1.97. The van der Waals surface area contributed by atoms with E-state index in [9.17, 15) is 0 Å². The molecule has 0 bridgehead atoms. The maximum atomic E-state index is 5.42. The molecular formula is C12H18N2O. The summed E-state index contributed by atoms with van der Waals surface area (Å²) >= 11 is 0. The Morgan fingerprint density at radius 2 is 2.27 bits per heavy atom. The lowest BCUT2D eigenvalue weighted by Crippen LogP contribution is -2.48. The third-order valence-electron chi connectivity index (χ3n) is 3.36. The molecule has 1 aromatic heterocycles. The van der Waals surface area contributed by atoms with Gasteiger partial charge in [-0.1, -0.05) is 0 Å². The van der Waals surface area contributed by atoms with Gasteiger partial charge in [-0.2, -0.15) is 0 Å². The van der Waals surface area contributed by atoms with Crippen molar-refractivity contribution in [2.24, 2.45) is 5.92 Å². The fraction of sp³-hybridized carbons (Fsp3) is 0.667. The van der Waals surface area contributed by atoms with Gasteiger partial charge in [0.25, 0.3) is 0 Å². The molecule has 1 aliphatic carbocycles. The summed E-state index contributed by atoms with van der Waals surface area (Å²) in [5.41, 5.74) is 0. The summed E-state index contributed by atoms with van der Waals surface area (Å²) < 4.78 is 5.42. The van der Waals surface area contributed by atoms with Crippen LogP contribution in [-0.2, 0) is 6.54 Å². The molecule has 15 heavy (non-hydrogen) atoms. The van der Waals surface area contributed by atoms with Crippen molar-refractivity contribution in [1.82, 2.24) is 10.2 Å². The Labute approximate surface area is 90.4 Å². The van der Waals surface area contributed by atoms with E-state index in [2.05, 4.69) is 16.3 Å². The first-order chi connectivity index (χ1) is 7.42. The number of rotatable bonds is 5. The van der Waals surface area contributed by atoms with Gasteiger partial charge in [-0.05, 0) is 30.9 Å². The molecule has 0 spiro atoms. The summed E-state index contributed by atoms with van der Waals surface area (Å²) in [4.78, 5) is 2.59. The van der Waals surface area contributed by atoms with E-state index in [1.54, 1.807) is 6.26 Å². The Balaban J connectivity index is 1.57. The highest BCUT2D eigenvalue weighted by atomic mass is 16.3. The molecule has 0 amide bonds. The van der Waals surface area contributed by atoms with Gasteiger partial charge < -0.3 is 9.73 Å². The van der Waals surface area contributed by atoms with Gasteiger partial charge in [0.2, 0.25) is 0 Å². The second-order valence-electron chi connectivity index (χ2n) is 4.76. The van der Waals surface area contributed by atoms with Crippen molar-refractivity contribution in [1.29, 1.82) is 0 Å². The van der Waals surface area contributed by atoms with Crippen LogP contribution >= 0.6 is 0 Å². The first kappa shape index (κ1) is 9.43. The van der Waals surface area contributed by atoms with E-state index in [-0.39, 0.29) is 0 Å². The van der Waals surface area contributed by atoms with Gasteiger partial charge in [-0.3, -0.25) is 4.90 Å². The van der Waals surface area contributed by atoms with Crippen molar-refractivity contribution >= 4 is 0 Å². The van der Waals surface area contributed by atoms with Crippen molar-refractivity contribution in [3.8, 4) is 0 Å². The predicted octanol–water partition coefficient (Wildman–Crippen LogP) is 1.46. The highest BCUT2D eigenvalue weighted by molar-refractivity contribution is 5.00. The lowest BCUT2D eigenvalue weighted by Gasteiger charge is -2.32. The summed E-state index contributed by atoms with van der Waals surface area (Å²) in [6, 6.07) is 4.88. The largest absolute Gasteiger partial charge is 0.468 e. The van der Waals surface area contributed by atoms with Crippen LogP contribution in [0.3, 0.4) is 0 Å². The third kappa shape index (κ3) is 2.24. The van der Waals surface area contributed by atoms with Gasteiger partial charge in [-0.25, -0.2) is 0 Å². The van der Waals surface area contributed by atoms with E-state index in [1.807, 2.05) is 6.07 Å². The van der Waals surface area contributed by atoms with Gasteiger partial charge in [0.05, 0.1) is 12.8 Å². The SMILES string of the molecule is c1coc(CN(CC2CNC2)C2CC2)c1. The Kier molecular flexibility index (Phi) is 2.51. The molecular weight excluding hydrogens is 188 g/mol. The van der Waals surface area contributed by atoms with Gasteiger partial charge in [0.15, 0.2) is 0 Å². The van der Waals surface area contributed by atoms with Crippen LogP contribution in [-0.4, -0.2) is 30.6 Å². The first-order valence-corrected chi connectivity index (χ1v) is 5.89. The molecule has 0 atom stereocenters. The molecule has 0 unspecified atom stereocenters. The second-order valence-corrected chi connectivity index (χ2v) is 4.76. The van der Waals surface area contributed by atoms with Gasteiger partial charge >= 0.3 is 0 Å². The minimum absolute atomic E-state index is 0.829. The van der Waals surface area contributed by atoms with Crippen LogP contribution in [0, 0.1) is 5.92 Å². The van der Waals surface area contributed by atoms with E-state index in [0.29, 0.717) is 0 Å². The zero-order chi connectivity index (χ0) is 10.1. The zero-order valence-corrected chi connectivity index (χ0v) is 8.98. The van der Waals surface area contributed by atoms with Crippen molar-refractivity contribution < 1.29 is 4.42 Å². The highest BCUT2D eigenvalue weighted by Gasteiger charge is 2.32. The van der Waals surface area contributed by atoms with E-state index in [0.717, 1.165) is 24.3 Å². The van der Waals surface area contributed by atoms with E-state index in [1.165, 1.54) is 32.5 Å². The molecule has 82 valence electrons. The fourth-order valence-corrected chi connectivity index (χ4v) is 2.19. The van der Waals surface area contributed by atoms with Crippen molar-refractivity contribution in [3.05, 3.63) is 24.2 Å². The van der Waals surface area contributed by atoms with E-state index >= 15 is 0 Å². The Morgan fingerprint density at radius 1 is 1.40 bits per heavy atom. The normalized spacial score (nSPS) is 21.9. The second kappa shape index (κ2) is 3.99. The smallest absolute Gasteiger partial charge is 0.117 e. The summed E-state index contributed by atoms with van der Waals surface area (Å²) in [6.45, 7) is 4.62. The molecule has 1 aliphatic heterocycles. The Morgan fingerprint density at radius 3 is 2.80 bits per heavy atom. The molecule has 3 heteroatoms. The molecule has 2 fully saturated rings. The lowest BCUT2D eigenvalue weighted by molar-refractivity contribution is 0.168. The number of hydrogen-bond donors (Lipinski definition) is 1. The first-order valence-electron chi connectivity index (χ1n) is 5.89. The number of nitrogens with zero attached hydrogens (tertiary/aromatic N) is 1. The maximum Gasteiger partial charge on any atom is 0.117 e. The molecule has 2 heterocycles. The monoisotopic (exact) mass is 206 g/mol. The average molecular weight is 206 g/mol. The number of furan rings is 1. The number of nitrogens with one attached hydrogen (secondary N) is 1. The minimum Gasteiger partial charge on any atom is -0.468 e. The summed E-state index contributed by atoms with van der Waals surface area (Å²) in [7, 11) is 0. The quantitative estimate of drug-likeness (QED) is 0.790. The lowest BCUT2D eigenvalue weighted by atomic mass is 10.0. The number of hydrogen-bond acceptors (Lipinski definition) is 3. The maximum absolute atomic E-state index is 5.42. The zero-order valence-electron chi connectivity index (χ0n) is 8.98. The van der Waals surface area contributed by atoms with Crippen LogP contribution in [0.2, 0.25) is 0 Å². The van der Waals surface area contributed by atoms with Crippen molar-refractivity contribution in [2.45, 2.75) is 25.4 Å². The fourth-order valence-electron chi connectivity index (χ4n) is 2.19. The predicted molar refractivity (Wildman–Crippen MR) is 58.5 cm³/mol. The molecule has 3 nitrogen and oxygen atoms in total. The van der Waals surface area contributed by atoms with Crippen LogP contribution in [0.15, 0.2) is 22.8 Å². The molecule has 0 radical (unpaired) electrons. The van der Waals surface area contributed by atoms with Gasteiger partial charge in [0.1, 0.15) is 5.76 Å². The van der Waals surface area contributed by atoms with E-state index in [4.69, 9.17) is 4.42 Å². The van der Waals surface area contributed by atoms with Gasteiger partial charge in [-0.15, -0.1) is 0 Å². The van der Waals surface area contributed by atoms with Crippen LogP contribution in [0.5, 0.6) is 0 Å². The standard InChI is InChI=1S/C12H18N2O/c1-2-12(15-5-1)9-14(11-3-4-11)8-10-6-13-7-10/h1-2,5,10-11,13H,3-4,6-9H2. The third-order valence-corrected chi connectivity index (χ3v) is 3.36. The van der Waals surface area contributed by atoms with E-state index < -0.39 is 0 Å². The van der Waals surface area contributed by atoms with Crippen LogP contribution in [0.25, 0.3) is 0 Å². The summed E-state index contributed by atoms with van der Waals surface area (Å²) in [5, 5.41) is 3.33. The Bertz CT molecular complexity index is 301. The highest BCUT2D eigenvalue weighted by Crippen LogP contribution is 2.29. The van der Waals surface area contributed by atoms with Gasteiger partial charge in [0, 0.05) is 25.7 Å². The molecule has 1 saturated carbocycles. The van der Waals surface area contributed by atoms with Crippen LogP contribution < -0.4 is 5.32 Å². The van der Waals surface area contributed by atoms with Crippen LogP contribution in [0.1, 0.15) is 18.6 Å².